The SMILES string of the molecule is CC(=O)NCc1nnc2nc(C)cc(C)n12. The Hall–Kier alpha value is -1.98. The molecule has 0 aliphatic carbocycles. The van der Waals surface area contributed by atoms with Crippen molar-refractivity contribution in [2.75, 3.05) is 0 Å². The minimum atomic E-state index is -0.0885. The Morgan fingerprint density at radius 1 is 1.44 bits per heavy atom. The molecule has 1 amide bonds. The molecule has 0 saturated heterocycles. The lowest BCUT2D eigenvalue weighted by Crippen LogP contribution is -2.21. The van der Waals surface area contributed by atoms with Gasteiger partial charge in [0, 0.05) is 18.3 Å². The van der Waals surface area contributed by atoms with Crippen LogP contribution in [-0.2, 0) is 11.3 Å². The number of hydrogen-bond donors (Lipinski definition) is 1. The van der Waals surface area contributed by atoms with E-state index in [1.165, 1.54) is 6.92 Å². The summed E-state index contributed by atoms with van der Waals surface area (Å²) in [6.07, 6.45) is 0. The van der Waals surface area contributed by atoms with Gasteiger partial charge in [-0.2, -0.15) is 0 Å². The van der Waals surface area contributed by atoms with Crippen molar-refractivity contribution in [3.63, 3.8) is 0 Å². The molecule has 2 rings (SSSR count). The van der Waals surface area contributed by atoms with Crippen molar-refractivity contribution < 1.29 is 4.79 Å². The van der Waals surface area contributed by atoms with Gasteiger partial charge in [0.1, 0.15) is 0 Å². The van der Waals surface area contributed by atoms with Gasteiger partial charge in [-0.15, -0.1) is 10.2 Å². The highest BCUT2D eigenvalue weighted by Gasteiger charge is 2.09. The van der Waals surface area contributed by atoms with Crippen LogP contribution in [0.25, 0.3) is 5.78 Å². The molecule has 0 aromatic carbocycles. The fourth-order valence-corrected chi connectivity index (χ4v) is 1.62. The summed E-state index contributed by atoms with van der Waals surface area (Å²) in [5.41, 5.74) is 1.91. The molecule has 0 radical (unpaired) electrons. The molecule has 6 heteroatoms. The topological polar surface area (TPSA) is 72.2 Å². The van der Waals surface area contributed by atoms with Gasteiger partial charge in [-0.1, -0.05) is 0 Å². The standard InChI is InChI=1S/C10H13N5O/c1-6-4-7(2)15-9(5-11-8(3)16)13-14-10(15)12-6/h4H,5H2,1-3H3,(H,11,16). The average Bonchev–Trinajstić information content (AvgIpc) is 2.57. The van der Waals surface area contributed by atoms with Crippen LogP contribution in [0.5, 0.6) is 0 Å². The van der Waals surface area contributed by atoms with Crippen LogP contribution in [0.3, 0.4) is 0 Å². The molecule has 0 aliphatic rings. The fourth-order valence-electron chi connectivity index (χ4n) is 1.62. The highest BCUT2D eigenvalue weighted by Crippen LogP contribution is 2.07. The molecule has 2 heterocycles. The molecule has 0 spiro atoms. The zero-order valence-corrected chi connectivity index (χ0v) is 9.48. The van der Waals surface area contributed by atoms with Crippen LogP contribution in [0.1, 0.15) is 24.1 Å². The number of aryl methyl sites for hydroxylation is 2. The van der Waals surface area contributed by atoms with Gasteiger partial charge in [0.05, 0.1) is 6.54 Å². The number of hydrogen-bond acceptors (Lipinski definition) is 4. The van der Waals surface area contributed by atoms with Crippen molar-refractivity contribution in [1.82, 2.24) is 24.9 Å². The molecule has 0 saturated carbocycles. The van der Waals surface area contributed by atoms with E-state index in [1.807, 2.05) is 24.3 Å². The zero-order valence-electron chi connectivity index (χ0n) is 9.48. The molecule has 6 nitrogen and oxygen atoms in total. The summed E-state index contributed by atoms with van der Waals surface area (Å²) in [5.74, 6) is 1.17. The molecule has 0 fully saturated rings. The molecule has 0 bridgehead atoms. The minimum Gasteiger partial charge on any atom is -0.349 e. The van der Waals surface area contributed by atoms with E-state index < -0.39 is 0 Å². The number of nitrogens with one attached hydrogen (secondary N) is 1. The molecule has 1 N–H and O–H groups in total. The largest absolute Gasteiger partial charge is 0.349 e. The first-order valence-electron chi connectivity index (χ1n) is 5.00. The molecule has 0 unspecified atom stereocenters. The Labute approximate surface area is 92.7 Å². The average molecular weight is 219 g/mol. The van der Waals surface area contributed by atoms with Crippen molar-refractivity contribution in [3.05, 3.63) is 23.3 Å². The quantitative estimate of drug-likeness (QED) is 0.792. The summed E-state index contributed by atoms with van der Waals surface area (Å²) in [4.78, 5) is 15.1. The van der Waals surface area contributed by atoms with E-state index in [0.717, 1.165) is 11.4 Å². The summed E-state index contributed by atoms with van der Waals surface area (Å²) in [7, 11) is 0. The molecule has 84 valence electrons. The fraction of sp³-hybridized carbons (Fsp3) is 0.400. The Kier molecular flexibility index (Phi) is 2.55. The Bertz CT molecular complexity index is 545. The molecule has 2 aromatic heterocycles. The van der Waals surface area contributed by atoms with Gasteiger partial charge < -0.3 is 5.32 Å². The predicted molar refractivity (Wildman–Crippen MR) is 57.8 cm³/mol. The lowest BCUT2D eigenvalue weighted by molar-refractivity contribution is -0.119. The summed E-state index contributed by atoms with van der Waals surface area (Å²) < 4.78 is 1.84. The lowest BCUT2D eigenvalue weighted by Gasteiger charge is -2.04. The van der Waals surface area contributed by atoms with E-state index in [0.29, 0.717) is 18.1 Å². The number of amides is 1. The summed E-state index contributed by atoms with van der Waals surface area (Å²) in [6.45, 7) is 5.71. The number of nitrogens with zero attached hydrogens (tertiary/aromatic N) is 4. The van der Waals surface area contributed by atoms with Gasteiger partial charge in [0.25, 0.3) is 5.78 Å². The maximum Gasteiger partial charge on any atom is 0.255 e. The van der Waals surface area contributed by atoms with Crippen molar-refractivity contribution in [1.29, 1.82) is 0 Å². The van der Waals surface area contributed by atoms with Gasteiger partial charge in [-0.05, 0) is 19.9 Å². The van der Waals surface area contributed by atoms with Crippen LogP contribution < -0.4 is 5.32 Å². The van der Waals surface area contributed by atoms with E-state index in [-0.39, 0.29) is 5.91 Å². The molecule has 2 aromatic rings. The number of carbonyl (C=O) groups excluding carboxylic acids is 1. The van der Waals surface area contributed by atoms with Crippen LogP contribution in [0.15, 0.2) is 6.07 Å². The number of carbonyl (C=O) groups is 1. The van der Waals surface area contributed by atoms with Gasteiger partial charge in [0.2, 0.25) is 5.91 Å². The lowest BCUT2D eigenvalue weighted by atomic mass is 10.3. The summed E-state index contributed by atoms with van der Waals surface area (Å²) >= 11 is 0. The minimum absolute atomic E-state index is 0.0885. The number of rotatable bonds is 2. The molecule has 0 aliphatic heterocycles. The first kappa shape index (κ1) is 10.5. The molecule has 16 heavy (non-hydrogen) atoms. The smallest absolute Gasteiger partial charge is 0.255 e. The van der Waals surface area contributed by atoms with Crippen LogP contribution in [-0.4, -0.2) is 25.5 Å². The van der Waals surface area contributed by atoms with E-state index in [4.69, 9.17) is 0 Å². The van der Waals surface area contributed by atoms with Gasteiger partial charge in [0.15, 0.2) is 5.82 Å². The van der Waals surface area contributed by atoms with Crippen molar-refractivity contribution in [2.24, 2.45) is 0 Å². The third-order valence-electron chi connectivity index (χ3n) is 2.26. The predicted octanol–water partition coefficient (Wildman–Crippen LogP) is 0.377. The Morgan fingerprint density at radius 3 is 2.88 bits per heavy atom. The third kappa shape index (κ3) is 1.86. The highest BCUT2D eigenvalue weighted by atomic mass is 16.1. The first-order chi connectivity index (χ1) is 7.58. The monoisotopic (exact) mass is 219 g/mol. The summed E-state index contributed by atoms with van der Waals surface area (Å²) in [6, 6.07) is 1.95. The second-order valence-electron chi connectivity index (χ2n) is 3.70. The van der Waals surface area contributed by atoms with Crippen molar-refractivity contribution in [3.8, 4) is 0 Å². The molecular weight excluding hydrogens is 206 g/mol. The van der Waals surface area contributed by atoms with Crippen molar-refractivity contribution >= 4 is 11.7 Å². The van der Waals surface area contributed by atoms with E-state index in [9.17, 15) is 4.79 Å². The maximum absolute atomic E-state index is 10.8. The van der Waals surface area contributed by atoms with Crippen LogP contribution in [0.2, 0.25) is 0 Å². The summed E-state index contributed by atoms with van der Waals surface area (Å²) in [5, 5.41) is 10.7. The van der Waals surface area contributed by atoms with E-state index in [2.05, 4.69) is 20.5 Å². The highest BCUT2D eigenvalue weighted by molar-refractivity contribution is 5.72. The Balaban J connectivity index is 2.43. The second-order valence-corrected chi connectivity index (χ2v) is 3.70. The van der Waals surface area contributed by atoms with Crippen LogP contribution in [0.4, 0.5) is 0 Å². The van der Waals surface area contributed by atoms with E-state index in [1.54, 1.807) is 0 Å². The molecule has 0 atom stereocenters. The second kappa shape index (κ2) is 3.88. The Morgan fingerprint density at radius 2 is 2.19 bits per heavy atom. The number of fused-ring (bicyclic) bond motifs is 1. The maximum atomic E-state index is 10.8. The molecular formula is C10H13N5O. The first-order valence-corrected chi connectivity index (χ1v) is 5.00. The van der Waals surface area contributed by atoms with Gasteiger partial charge in [-0.25, -0.2) is 4.98 Å². The van der Waals surface area contributed by atoms with E-state index >= 15 is 0 Å². The van der Waals surface area contributed by atoms with Crippen molar-refractivity contribution in [2.45, 2.75) is 27.3 Å². The third-order valence-corrected chi connectivity index (χ3v) is 2.26. The normalized spacial score (nSPS) is 10.7. The van der Waals surface area contributed by atoms with Crippen LogP contribution in [0, 0.1) is 13.8 Å². The van der Waals surface area contributed by atoms with Gasteiger partial charge >= 0.3 is 0 Å². The van der Waals surface area contributed by atoms with Gasteiger partial charge in [-0.3, -0.25) is 9.20 Å². The zero-order chi connectivity index (χ0) is 11.7. The van der Waals surface area contributed by atoms with Crippen LogP contribution >= 0.6 is 0 Å². The number of aromatic nitrogens is 4.